The van der Waals surface area contributed by atoms with Crippen LogP contribution in [-0.4, -0.2) is 21.4 Å². The van der Waals surface area contributed by atoms with Crippen molar-refractivity contribution in [1.82, 2.24) is 14.9 Å². The Bertz CT molecular complexity index is 1010. The fourth-order valence-electron chi connectivity index (χ4n) is 2.86. The summed E-state index contributed by atoms with van der Waals surface area (Å²) < 4.78 is 16.0. The number of hydrogen-bond donors (Lipinski definition) is 2. The van der Waals surface area contributed by atoms with Gasteiger partial charge in [-0.25, -0.2) is 9.37 Å². The molecule has 0 bridgehead atoms. The molecule has 0 aliphatic rings. The molecule has 0 aliphatic carbocycles. The van der Waals surface area contributed by atoms with Crippen LogP contribution in [0, 0.1) is 12.7 Å². The van der Waals surface area contributed by atoms with Gasteiger partial charge < -0.3 is 15.2 Å². The molecule has 0 fully saturated rings. The summed E-state index contributed by atoms with van der Waals surface area (Å²) in [4.78, 5) is 27.7. The van der Waals surface area contributed by atoms with Gasteiger partial charge in [-0.1, -0.05) is 24.3 Å². The molecule has 2 aromatic carbocycles. The van der Waals surface area contributed by atoms with Crippen molar-refractivity contribution >= 4 is 17.5 Å². The fourth-order valence-corrected chi connectivity index (χ4v) is 2.86. The van der Waals surface area contributed by atoms with Crippen molar-refractivity contribution in [2.24, 2.45) is 0 Å². The molecule has 0 atom stereocenters. The number of nitrogens with one attached hydrogen (secondary N) is 2. The van der Waals surface area contributed by atoms with Crippen LogP contribution in [0.1, 0.15) is 34.2 Å². The number of nitrogens with zero attached hydrogens (tertiary/aromatic N) is 2. The van der Waals surface area contributed by atoms with Crippen molar-refractivity contribution in [3.05, 3.63) is 83.2 Å². The topological polar surface area (TPSA) is 76.0 Å². The Morgan fingerprint density at radius 3 is 2.64 bits per heavy atom. The predicted octanol–water partition coefficient (Wildman–Crippen LogP) is 3.27. The number of benzene rings is 2. The van der Waals surface area contributed by atoms with E-state index < -0.39 is 11.7 Å². The number of carbonyl (C=O) groups excluding carboxylic acids is 2. The smallest absolute Gasteiger partial charge is 0.254 e. The summed E-state index contributed by atoms with van der Waals surface area (Å²) in [7, 11) is 0. The minimum atomic E-state index is -0.643. The normalized spacial score (nSPS) is 10.5. The van der Waals surface area contributed by atoms with Crippen LogP contribution in [0.3, 0.4) is 0 Å². The van der Waals surface area contributed by atoms with Gasteiger partial charge in [0.25, 0.3) is 5.91 Å². The molecule has 7 heteroatoms. The zero-order chi connectivity index (χ0) is 20.1. The number of halogens is 1. The first-order valence-electron chi connectivity index (χ1n) is 8.83. The molecule has 144 valence electrons. The number of hydrogen-bond acceptors (Lipinski definition) is 3. The molecule has 0 saturated carbocycles. The summed E-state index contributed by atoms with van der Waals surface area (Å²) >= 11 is 0. The highest BCUT2D eigenvalue weighted by Gasteiger charge is 2.13. The Balaban J connectivity index is 1.67. The summed E-state index contributed by atoms with van der Waals surface area (Å²) in [5.74, 6) is -0.548. The predicted molar refractivity (Wildman–Crippen MR) is 104 cm³/mol. The number of amides is 2. The van der Waals surface area contributed by atoms with Crippen LogP contribution in [0.25, 0.3) is 0 Å². The third-order valence-corrected chi connectivity index (χ3v) is 4.25. The Kier molecular flexibility index (Phi) is 5.84. The summed E-state index contributed by atoms with van der Waals surface area (Å²) in [6.07, 6.45) is 3.66. The molecule has 28 heavy (non-hydrogen) atoms. The second-order valence-electron chi connectivity index (χ2n) is 6.48. The van der Waals surface area contributed by atoms with Crippen LogP contribution in [0.2, 0.25) is 0 Å². The van der Waals surface area contributed by atoms with Gasteiger partial charge in [0.15, 0.2) is 0 Å². The van der Waals surface area contributed by atoms with Crippen LogP contribution in [-0.2, 0) is 17.9 Å². The molecule has 0 spiro atoms. The molecular weight excluding hydrogens is 359 g/mol. The van der Waals surface area contributed by atoms with Gasteiger partial charge in [0.2, 0.25) is 5.91 Å². The van der Waals surface area contributed by atoms with Crippen molar-refractivity contribution in [3.8, 4) is 0 Å². The van der Waals surface area contributed by atoms with Crippen molar-refractivity contribution < 1.29 is 14.0 Å². The fraction of sp³-hybridized carbons (Fsp3) is 0.190. The Morgan fingerprint density at radius 2 is 1.93 bits per heavy atom. The molecule has 3 rings (SSSR count). The lowest BCUT2D eigenvalue weighted by Crippen LogP contribution is -2.24. The average molecular weight is 380 g/mol. The minimum Gasteiger partial charge on any atom is -0.348 e. The Morgan fingerprint density at radius 1 is 1.14 bits per heavy atom. The maximum Gasteiger partial charge on any atom is 0.254 e. The average Bonchev–Trinajstić information content (AvgIpc) is 3.06. The van der Waals surface area contributed by atoms with Gasteiger partial charge in [-0.15, -0.1) is 0 Å². The maximum absolute atomic E-state index is 14.0. The first-order valence-corrected chi connectivity index (χ1v) is 8.83. The van der Waals surface area contributed by atoms with Gasteiger partial charge in [-0.05, 0) is 36.2 Å². The number of carbonyl (C=O) groups is 2. The van der Waals surface area contributed by atoms with E-state index in [9.17, 15) is 14.0 Å². The zero-order valence-electron chi connectivity index (χ0n) is 15.7. The molecule has 0 radical (unpaired) electrons. The number of rotatable bonds is 6. The van der Waals surface area contributed by atoms with E-state index in [0.717, 1.165) is 23.0 Å². The highest BCUT2D eigenvalue weighted by molar-refractivity contribution is 5.97. The lowest BCUT2D eigenvalue weighted by molar-refractivity contribution is -0.114. The number of anilines is 1. The third-order valence-electron chi connectivity index (χ3n) is 4.25. The lowest BCUT2D eigenvalue weighted by atomic mass is 10.1. The van der Waals surface area contributed by atoms with Gasteiger partial charge in [-0.3, -0.25) is 9.59 Å². The molecular formula is C21H21FN4O2. The second-order valence-corrected chi connectivity index (χ2v) is 6.48. The molecule has 0 aliphatic heterocycles. The van der Waals surface area contributed by atoms with Gasteiger partial charge in [-0.2, -0.15) is 0 Å². The second kappa shape index (κ2) is 8.47. The summed E-state index contributed by atoms with van der Waals surface area (Å²) in [6, 6.07) is 11.7. The van der Waals surface area contributed by atoms with Gasteiger partial charge in [0, 0.05) is 38.1 Å². The molecule has 1 aromatic heterocycles. The summed E-state index contributed by atoms with van der Waals surface area (Å²) in [6.45, 7) is 4.23. The van der Waals surface area contributed by atoms with Crippen molar-refractivity contribution in [1.29, 1.82) is 0 Å². The largest absolute Gasteiger partial charge is 0.348 e. The maximum atomic E-state index is 14.0. The highest BCUT2D eigenvalue weighted by Crippen LogP contribution is 2.15. The molecule has 6 nitrogen and oxygen atoms in total. The van der Waals surface area contributed by atoms with E-state index in [0.29, 0.717) is 12.2 Å². The molecule has 0 saturated heterocycles. The summed E-state index contributed by atoms with van der Waals surface area (Å²) in [5.41, 5.74) is 2.24. The monoisotopic (exact) mass is 380 g/mol. The van der Waals surface area contributed by atoms with Crippen LogP contribution in [0.4, 0.5) is 10.1 Å². The van der Waals surface area contributed by atoms with Crippen molar-refractivity contribution in [2.45, 2.75) is 26.9 Å². The minimum absolute atomic E-state index is 0.114. The molecule has 3 aromatic rings. The van der Waals surface area contributed by atoms with Gasteiger partial charge in [0.05, 0.1) is 5.56 Å². The molecule has 1 heterocycles. The van der Waals surface area contributed by atoms with Crippen molar-refractivity contribution in [3.63, 3.8) is 0 Å². The quantitative estimate of drug-likeness (QED) is 0.689. The van der Waals surface area contributed by atoms with Crippen LogP contribution >= 0.6 is 0 Å². The number of aromatic nitrogens is 2. The van der Waals surface area contributed by atoms with E-state index in [1.807, 2.05) is 42.0 Å². The van der Waals surface area contributed by atoms with E-state index in [4.69, 9.17) is 0 Å². The highest BCUT2D eigenvalue weighted by atomic mass is 19.1. The molecule has 2 amide bonds. The summed E-state index contributed by atoms with van der Waals surface area (Å²) in [5, 5.41) is 5.26. The zero-order valence-corrected chi connectivity index (χ0v) is 15.7. The lowest BCUT2D eigenvalue weighted by Gasteiger charge is -2.10. The van der Waals surface area contributed by atoms with Gasteiger partial charge in [0.1, 0.15) is 11.6 Å². The van der Waals surface area contributed by atoms with Crippen LogP contribution in [0.15, 0.2) is 54.9 Å². The Labute approximate surface area is 162 Å². The van der Waals surface area contributed by atoms with E-state index in [1.54, 1.807) is 6.20 Å². The first-order chi connectivity index (χ1) is 13.4. The Hall–Kier alpha value is -3.48. The first kappa shape index (κ1) is 19.3. The number of aryl methyl sites for hydroxylation is 1. The van der Waals surface area contributed by atoms with E-state index in [1.165, 1.54) is 19.1 Å². The molecule has 2 N–H and O–H groups in total. The van der Waals surface area contributed by atoms with Gasteiger partial charge >= 0.3 is 0 Å². The van der Waals surface area contributed by atoms with E-state index in [-0.39, 0.29) is 18.0 Å². The van der Waals surface area contributed by atoms with Crippen LogP contribution in [0.5, 0.6) is 0 Å². The standard InChI is InChI=1S/C21H21FN4O2/c1-14-23-8-9-26(14)13-17-5-3-4-16(10-17)12-24-21(28)19-11-18(25-15(2)27)6-7-20(19)22/h3-11H,12-13H2,1-2H3,(H,24,28)(H,25,27). The SMILES string of the molecule is CC(=O)Nc1ccc(F)c(C(=O)NCc2cccc(Cn3ccnc3C)c2)c1. The third kappa shape index (κ3) is 4.82. The van der Waals surface area contributed by atoms with E-state index in [2.05, 4.69) is 15.6 Å². The van der Waals surface area contributed by atoms with Crippen LogP contribution < -0.4 is 10.6 Å². The number of imidazole rings is 1. The van der Waals surface area contributed by atoms with Crippen molar-refractivity contribution in [2.75, 3.05) is 5.32 Å². The van der Waals surface area contributed by atoms with E-state index >= 15 is 0 Å². The molecule has 0 unspecified atom stereocenters.